The van der Waals surface area contributed by atoms with E-state index in [-0.39, 0.29) is 10.7 Å². The molecule has 18 heavy (non-hydrogen) atoms. The zero-order valence-electron chi connectivity index (χ0n) is 11.4. The number of rotatable bonds is 4. The molecule has 1 amide bonds. The second-order valence-corrected chi connectivity index (χ2v) is 8.11. The minimum absolute atomic E-state index is 0.118. The highest BCUT2D eigenvalue weighted by Gasteiger charge is 2.44. The smallest absolute Gasteiger partial charge is 0.262 e. The van der Waals surface area contributed by atoms with E-state index in [1.807, 2.05) is 0 Å². The Labute approximate surface area is 114 Å². The molecule has 0 spiro atoms. The molecule has 3 aliphatic rings. The number of fused-ring (bicyclic) bond motifs is 2. The van der Waals surface area contributed by atoms with Crippen molar-refractivity contribution in [3.63, 3.8) is 0 Å². The molecule has 2 nitrogen and oxygen atoms in total. The fourth-order valence-electron chi connectivity index (χ4n) is 4.13. The molecule has 1 aliphatic heterocycles. The summed E-state index contributed by atoms with van der Waals surface area (Å²) in [5, 5.41) is 1.13. The third-order valence-corrected chi connectivity index (χ3v) is 6.39. The van der Waals surface area contributed by atoms with Gasteiger partial charge in [-0.25, -0.2) is 4.99 Å². The van der Waals surface area contributed by atoms with Crippen molar-refractivity contribution in [2.75, 3.05) is 0 Å². The van der Waals surface area contributed by atoms with Crippen LogP contribution in [0.1, 0.15) is 58.8 Å². The van der Waals surface area contributed by atoms with E-state index in [0.29, 0.717) is 0 Å². The number of thioether (sulfide) groups is 1. The summed E-state index contributed by atoms with van der Waals surface area (Å²) in [6.45, 7) is 4.22. The fraction of sp³-hybridized carbons (Fsp3) is 0.867. The molecule has 3 heteroatoms. The topological polar surface area (TPSA) is 29.4 Å². The van der Waals surface area contributed by atoms with Crippen LogP contribution in [0.4, 0.5) is 0 Å². The largest absolute Gasteiger partial charge is 0.271 e. The quantitative estimate of drug-likeness (QED) is 0.767. The standard InChI is InChI=1S/C15H23NOS/c1-3-6-15(2)14(17)16-13(18-15)9-12-8-10-4-5-11(12)7-10/h10-12H,3-9H2,1-2H3/t10-,11+,12-,15-/m1/s1. The van der Waals surface area contributed by atoms with Gasteiger partial charge in [-0.2, -0.15) is 0 Å². The SMILES string of the molecule is CCC[C@@]1(C)SC(C[C@H]2C[C@@H]3CC[C@H]2C3)=NC1=O. The van der Waals surface area contributed by atoms with Crippen molar-refractivity contribution in [1.29, 1.82) is 0 Å². The summed E-state index contributed by atoms with van der Waals surface area (Å²) in [6, 6.07) is 0. The van der Waals surface area contributed by atoms with Gasteiger partial charge in [0.15, 0.2) is 0 Å². The maximum atomic E-state index is 12.0. The molecule has 4 atom stereocenters. The first-order chi connectivity index (χ1) is 8.60. The van der Waals surface area contributed by atoms with Crippen molar-refractivity contribution in [3.8, 4) is 0 Å². The summed E-state index contributed by atoms with van der Waals surface area (Å²) in [4.78, 5) is 16.4. The first-order valence-electron chi connectivity index (χ1n) is 7.41. The Morgan fingerprint density at radius 2 is 2.22 bits per heavy atom. The highest BCUT2D eigenvalue weighted by atomic mass is 32.2. The number of hydrogen-bond donors (Lipinski definition) is 0. The predicted octanol–water partition coefficient (Wildman–Crippen LogP) is 4.04. The normalized spacial score (nSPS) is 42.7. The van der Waals surface area contributed by atoms with Gasteiger partial charge in [-0.3, -0.25) is 4.79 Å². The van der Waals surface area contributed by atoms with Gasteiger partial charge >= 0.3 is 0 Å². The van der Waals surface area contributed by atoms with Gasteiger partial charge in [0.1, 0.15) is 0 Å². The average molecular weight is 265 g/mol. The number of carbonyl (C=O) groups is 1. The van der Waals surface area contributed by atoms with E-state index in [1.165, 1.54) is 25.7 Å². The Hall–Kier alpha value is -0.310. The van der Waals surface area contributed by atoms with E-state index < -0.39 is 0 Å². The van der Waals surface area contributed by atoms with Crippen molar-refractivity contribution in [2.45, 2.75) is 63.5 Å². The van der Waals surface area contributed by atoms with Gasteiger partial charge in [0.25, 0.3) is 5.91 Å². The first kappa shape index (κ1) is 12.7. The van der Waals surface area contributed by atoms with E-state index in [9.17, 15) is 4.79 Å². The zero-order chi connectivity index (χ0) is 12.8. The molecule has 2 aliphatic carbocycles. The van der Waals surface area contributed by atoms with E-state index in [0.717, 1.165) is 42.1 Å². The Bertz CT molecular complexity index is 392. The highest BCUT2D eigenvalue weighted by molar-refractivity contribution is 8.16. The summed E-state index contributed by atoms with van der Waals surface area (Å²) in [6.07, 6.45) is 8.82. The molecule has 0 aromatic heterocycles. The lowest BCUT2D eigenvalue weighted by molar-refractivity contribution is -0.119. The van der Waals surface area contributed by atoms with Crippen LogP contribution in [-0.4, -0.2) is 15.7 Å². The molecule has 0 radical (unpaired) electrons. The second-order valence-electron chi connectivity index (χ2n) is 6.53. The predicted molar refractivity (Wildman–Crippen MR) is 76.9 cm³/mol. The molecule has 0 aromatic rings. The number of nitrogens with zero attached hydrogens (tertiary/aromatic N) is 1. The third kappa shape index (κ3) is 2.15. The van der Waals surface area contributed by atoms with Crippen LogP contribution in [0.3, 0.4) is 0 Å². The van der Waals surface area contributed by atoms with Gasteiger partial charge < -0.3 is 0 Å². The molecule has 0 N–H and O–H groups in total. The summed E-state index contributed by atoms with van der Waals surface area (Å²) in [5.41, 5.74) is 0. The minimum atomic E-state index is -0.248. The van der Waals surface area contributed by atoms with Gasteiger partial charge in [0.05, 0.1) is 9.79 Å². The average Bonchev–Trinajstić information content (AvgIpc) is 2.96. The van der Waals surface area contributed by atoms with Crippen LogP contribution < -0.4 is 0 Å². The molecular weight excluding hydrogens is 242 g/mol. The van der Waals surface area contributed by atoms with E-state index in [4.69, 9.17) is 0 Å². The van der Waals surface area contributed by atoms with Gasteiger partial charge in [-0.15, -0.1) is 0 Å². The van der Waals surface area contributed by atoms with Crippen LogP contribution in [0.15, 0.2) is 4.99 Å². The molecule has 2 saturated carbocycles. The number of carbonyl (C=O) groups excluding carboxylic acids is 1. The zero-order valence-corrected chi connectivity index (χ0v) is 12.3. The van der Waals surface area contributed by atoms with Crippen molar-refractivity contribution in [1.82, 2.24) is 0 Å². The van der Waals surface area contributed by atoms with Crippen LogP contribution in [0, 0.1) is 17.8 Å². The molecule has 0 saturated heterocycles. The lowest BCUT2D eigenvalue weighted by Crippen LogP contribution is -2.26. The number of hydrogen-bond acceptors (Lipinski definition) is 2. The third-order valence-electron chi connectivity index (χ3n) is 5.07. The highest BCUT2D eigenvalue weighted by Crippen LogP contribution is 2.51. The van der Waals surface area contributed by atoms with Crippen molar-refractivity contribution < 1.29 is 4.79 Å². The molecular formula is C15H23NOS. The van der Waals surface area contributed by atoms with Crippen LogP contribution >= 0.6 is 11.8 Å². The molecule has 100 valence electrons. The van der Waals surface area contributed by atoms with Gasteiger partial charge in [-0.05, 0) is 56.8 Å². The maximum absolute atomic E-state index is 12.0. The van der Waals surface area contributed by atoms with Crippen LogP contribution in [-0.2, 0) is 4.79 Å². The summed E-state index contributed by atoms with van der Waals surface area (Å²) in [5.74, 6) is 2.87. The molecule has 1 heterocycles. The molecule has 0 unspecified atom stereocenters. The van der Waals surface area contributed by atoms with Gasteiger partial charge in [0, 0.05) is 0 Å². The van der Waals surface area contributed by atoms with Gasteiger partial charge in [0.2, 0.25) is 0 Å². The van der Waals surface area contributed by atoms with Crippen LogP contribution in [0.2, 0.25) is 0 Å². The second kappa shape index (κ2) is 4.66. The van der Waals surface area contributed by atoms with Crippen LogP contribution in [0.25, 0.3) is 0 Å². The summed E-state index contributed by atoms with van der Waals surface area (Å²) in [7, 11) is 0. The summed E-state index contributed by atoms with van der Waals surface area (Å²) < 4.78 is -0.248. The molecule has 2 fully saturated rings. The Morgan fingerprint density at radius 1 is 1.39 bits per heavy atom. The van der Waals surface area contributed by atoms with Gasteiger partial charge in [-0.1, -0.05) is 31.5 Å². The Kier molecular flexibility index (Phi) is 3.29. The van der Waals surface area contributed by atoms with Crippen molar-refractivity contribution in [2.24, 2.45) is 22.7 Å². The minimum Gasteiger partial charge on any atom is -0.271 e. The fourth-order valence-corrected chi connectivity index (χ4v) is 5.52. The Morgan fingerprint density at radius 3 is 2.83 bits per heavy atom. The van der Waals surface area contributed by atoms with Crippen molar-refractivity contribution in [3.05, 3.63) is 0 Å². The molecule has 0 aromatic carbocycles. The maximum Gasteiger partial charge on any atom is 0.262 e. The molecule has 3 rings (SSSR count). The van der Waals surface area contributed by atoms with Crippen LogP contribution in [0.5, 0.6) is 0 Å². The first-order valence-corrected chi connectivity index (χ1v) is 8.23. The molecule has 2 bridgehead atoms. The summed E-state index contributed by atoms with van der Waals surface area (Å²) >= 11 is 1.76. The van der Waals surface area contributed by atoms with E-state index in [1.54, 1.807) is 11.8 Å². The van der Waals surface area contributed by atoms with E-state index >= 15 is 0 Å². The lowest BCUT2D eigenvalue weighted by atomic mass is 9.87. The number of aliphatic imine (C=N–C) groups is 1. The van der Waals surface area contributed by atoms with Crippen molar-refractivity contribution >= 4 is 22.7 Å². The number of amides is 1. The van der Waals surface area contributed by atoms with E-state index in [2.05, 4.69) is 18.8 Å². The monoisotopic (exact) mass is 265 g/mol. The lowest BCUT2D eigenvalue weighted by Gasteiger charge is -2.22. The Balaban J connectivity index is 1.62.